The summed E-state index contributed by atoms with van der Waals surface area (Å²) in [6, 6.07) is 14.6. The number of imidazole rings is 1. The van der Waals surface area contributed by atoms with Gasteiger partial charge in [0, 0.05) is 31.4 Å². The zero-order chi connectivity index (χ0) is 16.5. The van der Waals surface area contributed by atoms with E-state index in [4.69, 9.17) is 0 Å². The van der Waals surface area contributed by atoms with Crippen LogP contribution in [0.25, 0.3) is 15.7 Å². The molecule has 0 unspecified atom stereocenters. The van der Waals surface area contributed by atoms with Gasteiger partial charge in [-0.2, -0.15) is 0 Å². The molecular formula is C19H17N3OS. The molecule has 0 saturated heterocycles. The molecule has 0 saturated carbocycles. The Balaban J connectivity index is 1.46. The van der Waals surface area contributed by atoms with Crippen LogP contribution < -0.4 is 0 Å². The quantitative estimate of drug-likeness (QED) is 0.570. The van der Waals surface area contributed by atoms with Crippen molar-refractivity contribution in [1.82, 2.24) is 14.3 Å². The van der Waals surface area contributed by atoms with E-state index >= 15 is 0 Å². The highest BCUT2D eigenvalue weighted by Gasteiger charge is 2.13. The smallest absolute Gasteiger partial charge is 0.228 e. The number of carbonyl (C=O) groups is 1. The van der Waals surface area contributed by atoms with Gasteiger partial charge in [0.2, 0.25) is 5.91 Å². The molecule has 2 heterocycles. The van der Waals surface area contributed by atoms with Crippen molar-refractivity contribution >= 4 is 33.0 Å². The number of nitrogens with zero attached hydrogens (tertiary/aromatic N) is 3. The van der Waals surface area contributed by atoms with Crippen molar-refractivity contribution in [2.24, 2.45) is 0 Å². The van der Waals surface area contributed by atoms with E-state index in [1.54, 1.807) is 16.2 Å². The minimum Gasteiger partial charge on any atom is -0.341 e. The average Bonchev–Trinajstić information content (AvgIpc) is 3.16. The van der Waals surface area contributed by atoms with Crippen LogP contribution in [0, 0.1) is 0 Å². The number of likely N-dealkylation sites (N-methyl/N-ethyl adjacent to an activating group) is 1. The fourth-order valence-electron chi connectivity index (χ4n) is 2.85. The van der Waals surface area contributed by atoms with Gasteiger partial charge in [-0.25, -0.2) is 4.98 Å². The molecule has 4 aromatic rings. The first kappa shape index (κ1) is 14.9. The third-order valence-corrected chi connectivity index (χ3v) is 4.91. The number of benzene rings is 2. The Morgan fingerprint density at radius 1 is 1.21 bits per heavy atom. The molecule has 0 bridgehead atoms. The zero-order valence-electron chi connectivity index (χ0n) is 13.3. The van der Waals surface area contributed by atoms with Crippen LogP contribution in [0.5, 0.6) is 0 Å². The first-order chi connectivity index (χ1) is 11.7. The molecule has 0 spiro atoms. The van der Waals surface area contributed by atoms with E-state index in [-0.39, 0.29) is 5.91 Å². The monoisotopic (exact) mass is 335 g/mol. The first-order valence-corrected chi connectivity index (χ1v) is 8.70. The van der Waals surface area contributed by atoms with Crippen LogP contribution in [0.4, 0.5) is 0 Å². The fraction of sp³-hybridized carbons (Fsp3) is 0.158. The van der Waals surface area contributed by atoms with Gasteiger partial charge in [0.25, 0.3) is 0 Å². The molecule has 0 radical (unpaired) electrons. The number of fused-ring (bicyclic) bond motifs is 2. The second-order valence-electron chi connectivity index (χ2n) is 5.93. The van der Waals surface area contributed by atoms with Crippen molar-refractivity contribution < 1.29 is 4.79 Å². The Morgan fingerprint density at radius 2 is 2.04 bits per heavy atom. The molecule has 120 valence electrons. The Bertz CT molecular complexity index is 989. The molecule has 0 aliphatic heterocycles. The number of rotatable bonds is 4. The van der Waals surface area contributed by atoms with Crippen LogP contribution in [0.15, 0.2) is 60.2 Å². The standard InChI is InChI=1S/C19H17N3OS/c1-21(12-14-6-7-15-4-2-3-5-16(15)10-14)18(23)11-17-13-22-8-9-24-19(22)20-17/h2-10,13H,11-12H2,1H3. The summed E-state index contributed by atoms with van der Waals surface area (Å²) in [7, 11) is 1.84. The van der Waals surface area contributed by atoms with E-state index in [1.165, 1.54) is 10.8 Å². The Hall–Kier alpha value is -2.66. The summed E-state index contributed by atoms with van der Waals surface area (Å²) >= 11 is 1.57. The minimum atomic E-state index is 0.0777. The molecule has 1 amide bonds. The maximum atomic E-state index is 12.5. The van der Waals surface area contributed by atoms with Crippen LogP contribution in [0.2, 0.25) is 0 Å². The van der Waals surface area contributed by atoms with Crippen molar-refractivity contribution in [3.63, 3.8) is 0 Å². The summed E-state index contributed by atoms with van der Waals surface area (Å²) in [6.07, 6.45) is 4.21. The van der Waals surface area contributed by atoms with Gasteiger partial charge in [-0.15, -0.1) is 11.3 Å². The van der Waals surface area contributed by atoms with Gasteiger partial charge in [0.15, 0.2) is 4.96 Å². The summed E-state index contributed by atoms with van der Waals surface area (Å²) in [5.74, 6) is 0.0777. The van der Waals surface area contributed by atoms with Gasteiger partial charge in [-0.05, 0) is 22.4 Å². The number of amides is 1. The maximum Gasteiger partial charge on any atom is 0.228 e. The Morgan fingerprint density at radius 3 is 2.88 bits per heavy atom. The van der Waals surface area contributed by atoms with Gasteiger partial charge in [0.05, 0.1) is 12.1 Å². The lowest BCUT2D eigenvalue weighted by atomic mass is 10.1. The normalized spacial score (nSPS) is 11.2. The summed E-state index contributed by atoms with van der Waals surface area (Å²) in [5.41, 5.74) is 1.95. The summed E-state index contributed by atoms with van der Waals surface area (Å²) in [5, 5.41) is 4.40. The average molecular weight is 335 g/mol. The van der Waals surface area contributed by atoms with E-state index < -0.39 is 0 Å². The minimum absolute atomic E-state index is 0.0777. The number of hydrogen-bond acceptors (Lipinski definition) is 3. The summed E-state index contributed by atoms with van der Waals surface area (Å²) < 4.78 is 1.95. The van der Waals surface area contributed by atoms with E-state index in [9.17, 15) is 4.79 Å². The van der Waals surface area contributed by atoms with Gasteiger partial charge >= 0.3 is 0 Å². The molecule has 2 aromatic carbocycles. The van der Waals surface area contributed by atoms with Crippen molar-refractivity contribution in [3.8, 4) is 0 Å². The molecule has 5 heteroatoms. The lowest BCUT2D eigenvalue weighted by molar-refractivity contribution is -0.129. The van der Waals surface area contributed by atoms with Crippen molar-refractivity contribution in [2.75, 3.05) is 7.05 Å². The lowest BCUT2D eigenvalue weighted by Crippen LogP contribution is -2.27. The molecule has 0 N–H and O–H groups in total. The topological polar surface area (TPSA) is 37.6 Å². The van der Waals surface area contributed by atoms with Crippen molar-refractivity contribution in [1.29, 1.82) is 0 Å². The van der Waals surface area contributed by atoms with E-state index in [1.807, 2.05) is 41.4 Å². The van der Waals surface area contributed by atoms with Crippen LogP contribution in [-0.2, 0) is 17.8 Å². The zero-order valence-corrected chi connectivity index (χ0v) is 14.2. The second-order valence-corrected chi connectivity index (χ2v) is 6.81. The molecule has 0 fully saturated rings. The van der Waals surface area contributed by atoms with E-state index in [0.29, 0.717) is 13.0 Å². The fourth-order valence-corrected chi connectivity index (χ4v) is 3.57. The predicted octanol–water partition coefficient (Wildman–Crippen LogP) is 3.75. The van der Waals surface area contributed by atoms with Crippen LogP contribution in [0.1, 0.15) is 11.3 Å². The third kappa shape index (κ3) is 2.90. The first-order valence-electron chi connectivity index (χ1n) is 7.82. The molecule has 4 rings (SSSR count). The Labute approximate surface area is 144 Å². The van der Waals surface area contributed by atoms with Gasteiger partial charge in [-0.3, -0.25) is 9.20 Å². The summed E-state index contributed by atoms with van der Waals surface area (Å²) in [6.45, 7) is 0.603. The molecule has 0 atom stereocenters. The van der Waals surface area contributed by atoms with Gasteiger partial charge in [-0.1, -0.05) is 36.4 Å². The van der Waals surface area contributed by atoms with E-state index in [2.05, 4.69) is 35.3 Å². The van der Waals surface area contributed by atoms with Crippen molar-refractivity contribution in [2.45, 2.75) is 13.0 Å². The number of carbonyl (C=O) groups excluding carboxylic acids is 1. The maximum absolute atomic E-state index is 12.5. The number of hydrogen-bond donors (Lipinski definition) is 0. The second kappa shape index (κ2) is 6.09. The lowest BCUT2D eigenvalue weighted by Gasteiger charge is -2.17. The SMILES string of the molecule is CN(Cc1ccc2ccccc2c1)C(=O)Cc1cn2ccsc2n1. The number of thiazole rings is 1. The molecule has 2 aromatic heterocycles. The molecule has 0 aliphatic rings. The van der Waals surface area contributed by atoms with Crippen LogP contribution in [0.3, 0.4) is 0 Å². The van der Waals surface area contributed by atoms with Crippen molar-refractivity contribution in [3.05, 3.63) is 71.5 Å². The molecule has 24 heavy (non-hydrogen) atoms. The van der Waals surface area contributed by atoms with Crippen LogP contribution in [-0.4, -0.2) is 27.2 Å². The predicted molar refractivity (Wildman–Crippen MR) is 97.2 cm³/mol. The van der Waals surface area contributed by atoms with Gasteiger partial charge < -0.3 is 4.90 Å². The highest BCUT2D eigenvalue weighted by Crippen LogP contribution is 2.17. The van der Waals surface area contributed by atoms with Gasteiger partial charge in [0.1, 0.15) is 0 Å². The van der Waals surface area contributed by atoms with Crippen LogP contribution >= 0.6 is 11.3 Å². The summed E-state index contributed by atoms with van der Waals surface area (Å²) in [4.78, 5) is 19.6. The van der Waals surface area contributed by atoms with E-state index in [0.717, 1.165) is 16.2 Å². The highest BCUT2D eigenvalue weighted by atomic mass is 32.1. The molecule has 0 aliphatic carbocycles. The molecular weight excluding hydrogens is 318 g/mol. The third-order valence-electron chi connectivity index (χ3n) is 4.13. The Kier molecular flexibility index (Phi) is 3.78. The highest BCUT2D eigenvalue weighted by molar-refractivity contribution is 7.15. The largest absolute Gasteiger partial charge is 0.341 e. The molecule has 4 nitrogen and oxygen atoms in total. The number of aromatic nitrogens is 2.